The standard InChI is InChI=1S/C13H10N2O4/c16-13(15-14-6-9-3-4-17-7-9)10-1-2-11-12(5-10)19-8-18-11/h1-7H,8H2,(H,15,16). The van der Waals surface area contributed by atoms with Crippen molar-refractivity contribution in [3.8, 4) is 11.5 Å². The first-order chi connectivity index (χ1) is 9.33. The van der Waals surface area contributed by atoms with Crippen LogP contribution in [0.5, 0.6) is 11.5 Å². The minimum absolute atomic E-state index is 0.180. The summed E-state index contributed by atoms with van der Waals surface area (Å²) in [6.07, 6.45) is 4.55. The number of fused-ring (bicyclic) bond motifs is 1. The van der Waals surface area contributed by atoms with Gasteiger partial charge in [-0.25, -0.2) is 5.43 Å². The molecule has 1 N–H and O–H groups in total. The van der Waals surface area contributed by atoms with E-state index in [0.717, 1.165) is 5.56 Å². The van der Waals surface area contributed by atoms with Crippen LogP contribution in [0, 0.1) is 0 Å². The molecule has 1 aromatic heterocycles. The summed E-state index contributed by atoms with van der Waals surface area (Å²) in [5.74, 6) is 0.878. The fourth-order valence-electron chi connectivity index (χ4n) is 1.62. The third-order valence-electron chi connectivity index (χ3n) is 2.56. The Labute approximate surface area is 108 Å². The maximum absolute atomic E-state index is 11.8. The zero-order valence-corrected chi connectivity index (χ0v) is 9.83. The summed E-state index contributed by atoms with van der Waals surface area (Å²) in [6.45, 7) is 0.180. The summed E-state index contributed by atoms with van der Waals surface area (Å²) in [5.41, 5.74) is 3.64. The zero-order valence-electron chi connectivity index (χ0n) is 9.83. The Hall–Kier alpha value is -2.76. The second-order valence-corrected chi connectivity index (χ2v) is 3.82. The molecule has 2 heterocycles. The van der Waals surface area contributed by atoms with Crippen molar-refractivity contribution < 1.29 is 18.7 Å². The van der Waals surface area contributed by atoms with E-state index in [-0.39, 0.29) is 12.7 Å². The molecule has 0 radical (unpaired) electrons. The molecule has 3 rings (SSSR count). The Morgan fingerprint density at radius 3 is 3.00 bits per heavy atom. The van der Waals surface area contributed by atoms with Gasteiger partial charge in [-0.05, 0) is 24.3 Å². The van der Waals surface area contributed by atoms with E-state index in [4.69, 9.17) is 13.9 Å². The summed E-state index contributed by atoms with van der Waals surface area (Å²) in [4.78, 5) is 11.8. The van der Waals surface area contributed by atoms with Crippen molar-refractivity contribution >= 4 is 12.1 Å². The summed E-state index contributed by atoms with van der Waals surface area (Å²) in [6, 6.07) is 6.69. The first-order valence-corrected chi connectivity index (χ1v) is 5.58. The number of amides is 1. The van der Waals surface area contributed by atoms with Crippen molar-refractivity contribution in [2.75, 3.05) is 6.79 Å². The van der Waals surface area contributed by atoms with Crippen LogP contribution in [-0.2, 0) is 0 Å². The van der Waals surface area contributed by atoms with Crippen LogP contribution >= 0.6 is 0 Å². The van der Waals surface area contributed by atoms with Crippen LogP contribution < -0.4 is 14.9 Å². The van der Waals surface area contributed by atoms with E-state index >= 15 is 0 Å². The number of hydrazone groups is 1. The molecule has 0 atom stereocenters. The topological polar surface area (TPSA) is 73.1 Å². The molecule has 0 spiro atoms. The van der Waals surface area contributed by atoms with E-state index in [9.17, 15) is 4.79 Å². The van der Waals surface area contributed by atoms with Crippen LogP contribution in [0.25, 0.3) is 0 Å². The number of rotatable bonds is 3. The number of hydrogen-bond acceptors (Lipinski definition) is 5. The lowest BCUT2D eigenvalue weighted by Gasteiger charge is -2.01. The molecule has 19 heavy (non-hydrogen) atoms. The third-order valence-corrected chi connectivity index (χ3v) is 2.56. The van der Waals surface area contributed by atoms with E-state index in [1.807, 2.05) is 0 Å². The lowest BCUT2D eigenvalue weighted by molar-refractivity contribution is 0.0954. The molecule has 0 bridgehead atoms. The van der Waals surface area contributed by atoms with Crippen LogP contribution in [-0.4, -0.2) is 18.9 Å². The highest BCUT2D eigenvalue weighted by Gasteiger charge is 2.15. The average Bonchev–Trinajstić information content (AvgIpc) is 3.08. The van der Waals surface area contributed by atoms with E-state index < -0.39 is 0 Å². The third kappa shape index (κ3) is 2.42. The van der Waals surface area contributed by atoms with E-state index in [1.54, 1.807) is 24.3 Å². The first kappa shape index (κ1) is 11.3. The Kier molecular flexibility index (Phi) is 2.89. The van der Waals surface area contributed by atoms with Gasteiger partial charge in [-0.15, -0.1) is 0 Å². The summed E-state index contributed by atoms with van der Waals surface area (Å²) in [7, 11) is 0. The highest BCUT2D eigenvalue weighted by molar-refractivity contribution is 5.95. The SMILES string of the molecule is O=C(NN=Cc1ccoc1)c1ccc2c(c1)OCO2. The molecule has 0 fully saturated rings. The van der Waals surface area contributed by atoms with Crippen molar-refractivity contribution in [3.63, 3.8) is 0 Å². The number of benzene rings is 1. The van der Waals surface area contributed by atoms with Gasteiger partial charge in [0.05, 0.1) is 18.7 Å². The number of furan rings is 1. The molecular formula is C13H10N2O4. The van der Waals surface area contributed by atoms with Gasteiger partial charge in [0.1, 0.15) is 0 Å². The first-order valence-electron chi connectivity index (χ1n) is 5.58. The monoisotopic (exact) mass is 258 g/mol. The molecule has 2 aromatic rings. The van der Waals surface area contributed by atoms with Crippen molar-refractivity contribution in [1.29, 1.82) is 0 Å². The molecule has 6 heteroatoms. The van der Waals surface area contributed by atoms with Gasteiger partial charge in [0.25, 0.3) is 5.91 Å². The normalized spacial score (nSPS) is 12.8. The molecule has 0 aliphatic carbocycles. The summed E-state index contributed by atoms with van der Waals surface area (Å²) >= 11 is 0. The predicted molar refractivity (Wildman–Crippen MR) is 66.3 cm³/mol. The highest BCUT2D eigenvalue weighted by Crippen LogP contribution is 2.32. The van der Waals surface area contributed by atoms with Crippen LogP contribution in [0.15, 0.2) is 46.3 Å². The van der Waals surface area contributed by atoms with Crippen LogP contribution in [0.4, 0.5) is 0 Å². The maximum atomic E-state index is 11.8. The van der Waals surface area contributed by atoms with Crippen molar-refractivity contribution in [2.24, 2.45) is 5.10 Å². The van der Waals surface area contributed by atoms with Gasteiger partial charge in [0.15, 0.2) is 11.5 Å². The fraction of sp³-hybridized carbons (Fsp3) is 0.0769. The Morgan fingerprint density at radius 2 is 2.16 bits per heavy atom. The van der Waals surface area contributed by atoms with Gasteiger partial charge in [-0.3, -0.25) is 4.79 Å². The van der Waals surface area contributed by atoms with Crippen molar-refractivity contribution in [1.82, 2.24) is 5.43 Å². The quantitative estimate of drug-likeness (QED) is 0.672. The van der Waals surface area contributed by atoms with Gasteiger partial charge < -0.3 is 13.9 Å². The average molecular weight is 258 g/mol. The lowest BCUT2D eigenvalue weighted by Crippen LogP contribution is -2.17. The largest absolute Gasteiger partial charge is 0.472 e. The molecule has 0 saturated heterocycles. The lowest BCUT2D eigenvalue weighted by atomic mass is 10.2. The highest BCUT2D eigenvalue weighted by atomic mass is 16.7. The Balaban J connectivity index is 1.67. The molecular weight excluding hydrogens is 248 g/mol. The maximum Gasteiger partial charge on any atom is 0.271 e. The van der Waals surface area contributed by atoms with Gasteiger partial charge in [0.2, 0.25) is 6.79 Å². The number of nitrogens with one attached hydrogen (secondary N) is 1. The minimum Gasteiger partial charge on any atom is -0.472 e. The molecule has 1 amide bonds. The van der Waals surface area contributed by atoms with Crippen molar-refractivity contribution in [2.45, 2.75) is 0 Å². The molecule has 1 aliphatic heterocycles. The second-order valence-electron chi connectivity index (χ2n) is 3.82. The van der Waals surface area contributed by atoms with E-state index in [1.165, 1.54) is 18.7 Å². The molecule has 96 valence electrons. The van der Waals surface area contributed by atoms with Crippen LogP contribution in [0.1, 0.15) is 15.9 Å². The number of ether oxygens (including phenoxy) is 2. The van der Waals surface area contributed by atoms with Crippen LogP contribution in [0.3, 0.4) is 0 Å². The number of nitrogens with zero attached hydrogens (tertiary/aromatic N) is 1. The minimum atomic E-state index is -0.321. The molecule has 0 saturated carbocycles. The molecule has 1 aliphatic rings. The Bertz CT molecular complexity index is 620. The molecule has 0 unspecified atom stereocenters. The van der Waals surface area contributed by atoms with Gasteiger partial charge >= 0.3 is 0 Å². The number of carbonyl (C=O) groups is 1. The number of hydrogen-bond donors (Lipinski definition) is 1. The van der Waals surface area contributed by atoms with Gasteiger partial charge in [-0.1, -0.05) is 0 Å². The second kappa shape index (κ2) is 4.85. The van der Waals surface area contributed by atoms with Crippen LogP contribution in [0.2, 0.25) is 0 Å². The number of carbonyl (C=O) groups excluding carboxylic acids is 1. The Morgan fingerprint density at radius 1 is 1.26 bits per heavy atom. The zero-order chi connectivity index (χ0) is 13.1. The van der Waals surface area contributed by atoms with Crippen molar-refractivity contribution in [3.05, 3.63) is 47.9 Å². The summed E-state index contributed by atoms with van der Waals surface area (Å²) in [5, 5.41) is 3.83. The molecule has 1 aromatic carbocycles. The van der Waals surface area contributed by atoms with E-state index in [2.05, 4.69) is 10.5 Å². The fourth-order valence-corrected chi connectivity index (χ4v) is 1.62. The smallest absolute Gasteiger partial charge is 0.271 e. The van der Waals surface area contributed by atoms with Gasteiger partial charge in [-0.2, -0.15) is 5.10 Å². The summed E-state index contributed by atoms with van der Waals surface area (Å²) < 4.78 is 15.2. The van der Waals surface area contributed by atoms with Gasteiger partial charge in [0, 0.05) is 11.1 Å². The molecule has 6 nitrogen and oxygen atoms in total. The van der Waals surface area contributed by atoms with E-state index in [0.29, 0.717) is 17.1 Å². The predicted octanol–water partition coefficient (Wildman–Crippen LogP) is 1.77.